The Balaban J connectivity index is 1.85. The van der Waals surface area contributed by atoms with Gasteiger partial charge >= 0.3 is 0 Å². The van der Waals surface area contributed by atoms with E-state index in [1.54, 1.807) is 36.4 Å². The van der Waals surface area contributed by atoms with Crippen molar-refractivity contribution < 1.29 is 9.59 Å². The summed E-state index contributed by atoms with van der Waals surface area (Å²) in [5.41, 5.74) is 4.59. The first-order valence-electron chi connectivity index (χ1n) is 7.87. The zero-order valence-corrected chi connectivity index (χ0v) is 13.7. The third-order valence-electron chi connectivity index (χ3n) is 3.97. The highest BCUT2D eigenvalue weighted by Gasteiger charge is 2.12. The number of ketones is 2. The van der Waals surface area contributed by atoms with E-state index in [1.807, 2.05) is 50.2 Å². The molecule has 3 rings (SSSR count). The van der Waals surface area contributed by atoms with Crippen molar-refractivity contribution in [1.29, 1.82) is 0 Å². The molecule has 0 aromatic heterocycles. The van der Waals surface area contributed by atoms with Crippen molar-refractivity contribution in [3.05, 3.63) is 106 Å². The molecule has 0 unspecified atom stereocenters. The number of carbonyl (C=O) groups excluding carboxylic acids is 2. The number of rotatable bonds is 4. The Bertz CT molecular complexity index is 829. The highest BCUT2D eigenvalue weighted by Crippen LogP contribution is 2.15. The first kappa shape index (κ1) is 15.9. The van der Waals surface area contributed by atoms with Gasteiger partial charge in [0, 0.05) is 22.3 Å². The Kier molecular flexibility index (Phi) is 4.39. The third kappa shape index (κ3) is 3.33. The van der Waals surface area contributed by atoms with Crippen LogP contribution in [-0.2, 0) is 0 Å². The molecule has 24 heavy (non-hydrogen) atoms. The van der Waals surface area contributed by atoms with Gasteiger partial charge in [-0.1, -0.05) is 71.8 Å². The van der Waals surface area contributed by atoms with Crippen molar-refractivity contribution in [2.75, 3.05) is 0 Å². The Morgan fingerprint density at radius 1 is 0.542 bits per heavy atom. The van der Waals surface area contributed by atoms with Gasteiger partial charge in [0.15, 0.2) is 11.6 Å². The predicted molar refractivity (Wildman–Crippen MR) is 95.7 cm³/mol. The lowest BCUT2D eigenvalue weighted by molar-refractivity contribution is 0.102. The number of carbonyl (C=O) groups is 2. The summed E-state index contributed by atoms with van der Waals surface area (Å²) >= 11 is 0. The van der Waals surface area contributed by atoms with Crippen LogP contribution in [-0.4, -0.2) is 11.6 Å². The molecule has 3 aromatic carbocycles. The topological polar surface area (TPSA) is 34.1 Å². The molecule has 0 atom stereocenters. The second-order valence-electron chi connectivity index (χ2n) is 5.97. The lowest BCUT2D eigenvalue weighted by Gasteiger charge is -2.05. The summed E-state index contributed by atoms with van der Waals surface area (Å²) in [6.45, 7) is 3.92. The van der Waals surface area contributed by atoms with Crippen LogP contribution in [0.2, 0.25) is 0 Å². The minimum Gasteiger partial charge on any atom is -0.289 e. The largest absolute Gasteiger partial charge is 0.289 e. The maximum absolute atomic E-state index is 12.5. The molecular formula is C22H18O2. The summed E-state index contributed by atoms with van der Waals surface area (Å²) in [6, 6.07) is 21.9. The zero-order valence-electron chi connectivity index (χ0n) is 13.7. The van der Waals surface area contributed by atoms with Crippen LogP contribution in [0.1, 0.15) is 43.0 Å². The van der Waals surface area contributed by atoms with Gasteiger partial charge in [-0.2, -0.15) is 0 Å². The molecule has 0 amide bonds. The molecular weight excluding hydrogens is 296 g/mol. The van der Waals surface area contributed by atoms with Crippen LogP contribution >= 0.6 is 0 Å². The smallest absolute Gasteiger partial charge is 0.193 e. The number of hydrogen-bond donors (Lipinski definition) is 0. The molecule has 0 N–H and O–H groups in total. The van der Waals surface area contributed by atoms with E-state index < -0.39 is 0 Å². The fourth-order valence-corrected chi connectivity index (χ4v) is 2.68. The summed E-state index contributed by atoms with van der Waals surface area (Å²) in [7, 11) is 0. The highest BCUT2D eigenvalue weighted by atomic mass is 16.1. The van der Waals surface area contributed by atoms with Crippen molar-refractivity contribution in [2.45, 2.75) is 13.8 Å². The van der Waals surface area contributed by atoms with Crippen LogP contribution in [0.25, 0.3) is 0 Å². The van der Waals surface area contributed by atoms with Crippen molar-refractivity contribution in [1.82, 2.24) is 0 Å². The normalized spacial score (nSPS) is 10.4. The third-order valence-corrected chi connectivity index (χ3v) is 3.97. The van der Waals surface area contributed by atoms with Gasteiger partial charge in [-0.15, -0.1) is 0 Å². The Hall–Kier alpha value is -3.00. The van der Waals surface area contributed by atoms with E-state index in [2.05, 4.69) is 0 Å². The van der Waals surface area contributed by atoms with Crippen molar-refractivity contribution >= 4 is 11.6 Å². The lowest BCUT2D eigenvalue weighted by Crippen LogP contribution is -2.04. The average molecular weight is 314 g/mol. The predicted octanol–water partition coefficient (Wildman–Crippen LogP) is 4.77. The lowest BCUT2D eigenvalue weighted by atomic mass is 9.97. The second kappa shape index (κ2) is 6.63. The average Bonchev–Trinajstić information content (AvgIpc) is 2.60. The molecule has 0 heterocycles. The highest BCUT2D eigenvalue weighted by molar-refractivity contribution is 6.11. The Morgan fingerprint density at radius 3 is 1.25 bits per heavy atom. The molecule has 3 aromatic rings. The maximum atomic E-state index is 12.5. The Labute approximate surface area is 141 Å². The van der Waals surface area contributed by atoms with Crippen LogP contribution in [0.5, 0.6) is 0 Å². The van der Waals surface area contributed by atoms with Crippen LogP contribution in [0.15, 0.2) is 72.8 Å². The summed E-state index contributed by atoms with van der Waals surface area (Å²) in [4.78, 5) is 25.0. The van der Waals surface area contributed by atoms with E-state index >= 15 is 0 Å². The number of benzene rings is 3. The molecule has 0 saturated heterocycles. The first-order chi connectivity index (χ1) is 11.5. The molecule has 0 aliphatic rings. The van der Waals surface area contributed by atoms with Crippen LogP contribution in [0, 0.1) is 13.8 Å². The zero-order chi connectivity index (χ0) is 17.1. The molecule has 118 valence electrons. The molecule has 0 aliphatic heterocycles. The van der Waals surface area contributed by atoms with Gasteiger partial charge < -0.3 is 0 Å². The molecule has 0 fully saturated rings. The van der Waals surface area contributed by atoms with Gasteiger partial charge in [-0.25, -0.2) is 0 Å². The molecule has 0 bridgehead atoms. The van der Waals surface area contributed by atoms with Crippen LogP contribution < -0.4 is 0 Å². The minimum absolute atomic E-state index is 0.0340. The molecule has 0 spiro atoms. The maximum Gasteiger partial charge on any atom is 0.193 e. The molecule has 0 saturated carbocycles. The summed E-state index contributed by atoms with van der Waals surface area (Å²) < 4.78 is 0. The molecule has 2 nitrogen and oxygen atoms in total. The summed E-state index contributed by atoms with van der Waals surface area (Å²) in [5.74, 6) is -0.0680. The van der Waals surface area contributed by atoms with Crippen LogP contribution in [0.3, 0.4) is 0 Å². The van der Waals surface area contributed by atoms with Gasteiger partial charge in [0.1, 0.15) is 0 Å². The van der Waals surface area contributed by atoms with E-state index in [9.17, 15) is 9.59 Å². The van der Waals surface area contributed by atoms with Crippen molar-refractivity contribution in [2.24, 2.45) is 0 Å². The minimum atomic E-state index is -0.0340. The van der Waals surface area contributed by atoms with Crippen LogP contribution in [0.4, 0.5) is 0 Å². The van der Waals surface area contributed by atoms with E-state index in [4.69, 9.17) is 0 Å². The second-order valence-corrected chi connectivity index (χ2v) is 5.97. The Morgan fingerprint density at radius 2 is 0.917 bits per heavy atom. The number of hydrogen-bond acceptors (Lipinski definition) is 2. The van der Waals surface area contributed by atoms with E-state index in [0.717, 1.165) is 11.1 Å². The summed E-state index contributed by atoms with van der Waals surface area (Å²) in [6.07, 6.45) is 0. The van der Waals surface area contributed by atoms with Gasteiger partial charge in [-0.3, -0.25) is 9.59 Å². The van der Waals surface area contributed by atoms with Gasteiger partial charge in [0.25, 0.3) is 0 Å². The SMILES string of the molecule is Cc1cccc(C(=O)c2ccc(C(=O)c3cccc(C)c3)cc2)c1. The monoisotopic (exact) mass is 314 g/mol. The van der Waals surface area contributed by atoms with Gasteiger partial charge in [-0.05, 0) is 26.0 Å². The molecule has 2 heteroatoms. The first-order valence-corrected chi connectivity index (χ1v) is 7.87. The van der Waals surface area contributed by atoms with E-state index in [0.29, 0.717) is 22.3 Å². The van der Waals surface area contributed by atoms with Gasteiger partial charge in [0.2, 0.25) is 0 Å². The number of aryl methyl sites for hydroxylation is 2. The van der Waals surface area contributed by atoms with Crippen molar-refractivity contribution in [3.63, 3.8) is 0 Å². The quantitative estimate of drug-likeness (QED) is 0.650. The van der Waals surface area contributed by atoms with Gasteiger partial charge in [0.05, 0.1) is 0 Å². The summed E-state index contributed by atoms with van der Waals surface area (Å²) in [5, 5.41) is 0. The molecule has 0 radical (unpaired) electrons. The fraction of sp³-hybridized carbons (Fsp3) is 0.0909. The molecule has 0 aliphatic carbocycles. The standard InChI is InChI=1S/C22H18O2/c1-15-5-3-7-19(13-15)21(23)17-9-11-18(12-10-17)22(24)20-8-4-6-16(2)14-20/h3-14H,1-2H3. The van der Waals surface area contributed by atoms with E-state index in [1.165, 1.54) is 0 Å². The fourth-order valence-electron chi connectivity index (χ4n) is 2.68. The van der Waals surface area contributed by atoms with E-state index in [-0.39, 0.29) is 11.6 Å². The van der Waals surface area contributed by atoms with Crippen molar-refractivity contribution in [3.8, 4) is 0 Å².